The molecule has 0 saturated heterocycles. The summed E-state index contributed by atoms with van der Waals surface area (Å²) in [5, 5.41) is 9.28. The third-order valence-electron chi connectivity index (χ3n) is 1.54. The van der Waals surface area contributed by atoms with Crippen molar-refractivity contribution in [3.8, 4) is 10.9 Å². The van der Waals surface area contributed by atoms with Crippen LogP contribution in [0, 0.1) is 10.5 Å². The maximum Gasteiger partial charge on any atom is 0.299 e. The minimum Gasteiger partial charge on any atom is -0.429 e. The molecule has 0 aliphatic heterocycles. The molecule has 2 rings (SSSR count). The fourth-order valence-corrected chi connectivity index (χ4v) is 1.99. The first-order chi connectivity index (χ1) is 6.75. The average Bonchev–Trinajstić information content (AvgIpc) is 2.56. The second-order valence-corrected chi connectivity index (χ2v) is 4.93. The van der Waals surface area contributed by atoms with Crippen LogP contribution in [-0.4, -0.2) is 10.2 Å². The van der Waals surface area contributed by atoms with Crippen molar-refractivity contribution in [2.45, 2.75) is 6.92 Å². The number of aryl methyl sites for hydroxylation is 1. The first kappa shape index (κ1) is 9.85. The quantitative estimate of drug-likeness (QED) is 0.798. The van der Waals surface area contributed by atoms with Gasteiger partial charge in [0.25, 0.3) is 5.19 Å². The topological polar surface area (TPSA) is 35.0 Å². The zero-order valence-corrected chi connectivity index (χ0v) is 10.4. The lowest BCUT2D eigenvalue weighted by Gasteiger charge is -2.02. The van der Waals surface area contributed by atoms with E-state index in [1.165, 1.54) is 11.3 Å². The van der Waals surface area contributed by atoms with Crippen molar-refractivity contribution < 1.29 is 4.74 Å². The summed E-state index contributed by atoms with van der Waals surface area (Å²) < 4.78 is 6.63. The molecule has 0 aliphatic rings. The summed E-state index contributed by atoms with van der Waals surface area (Å²) in [6.07, 6.45) is 0. The van der Waals surface area contributed by atoms with E-state index >= 15 is 0 Å². The van der Waals surface area contributed by atoms with Crippen molar-refractivity contribution in [1.82, 2.24) is 10.2 Å². The van der Waals surface area contributed by atoms with Gasteiger partial charge in [-0.05, 0) is 41.6 Å². The van der Waals surface area contributed by atoms with Crippen LogP contribution < -0.4 is 4.74 Å². The van der Waals surface area contributed by atoms with Gasteiger partial charge in [0, 0.05) is 0 Å². The van der Waals surface area contributed by atoms with Gasteiger partial charge in [0.05, 0.1) is 3.57 Å². The summed E-state index contributed by atoms with van der Waals surface area (Å²) in [5.41, 5.74) is 0. The Morgan fingerprint density at radius 1 is 1.29 bits per heavy atom. The molecule has 0 fully saturated rings. The highest BCUT2D eigenvalue weighted by Crippen LogP contribution is 2.27. The molecule has 3 nitrogen and oxygen atoms in total. The first-order valence-electron chi connectivity index (χ1n) is 3.98. The molecule has 1 aromatic carbocycles. The molecule has 0 radical (unpaired) electrons. The third-order valence-corrected chi connectivity index (χ3v) is 3.15. The van der Waals surface area contributed by atoms with Crippen LogP contribution >= 0.6 is 33.9 Å². The summed E-state index contributed by atoms with van der Waals surface area (Å²) in [6.45, 7) is 1.90. The van der Waals surface area contributed by atoms with E-state index in [0.717, 1.165) is 14.3 Å². The average molecular weight is 318 g/mol. The Morgan fingerprint density at radius 2 is 2.07 bits per heavy atom. The molecular weight excluding hydrogens is 311 g/mol. The summed E-state index contributed by atoms with van der Waals surface area (Å²) >= 11 is 3.67. The molecule has 1 heterocycles. The van der Waals surface area contributed by atoms with Crippen molar-refractivity contribution in [2.24, 2.45) is 0 Å². The number of halogens is 1. The van der Waals surface area contributed by atoms with Gasteiger partial charge in [-0.3, -0.25) is 0 Å². The number of aromatic nitrogens is 2. The van der Waals surface area contributed by atoms with E-state index in [0.29, 0.717) is 5.19 Å². The van der Waals surface area contributed by atoms with Crippen molar-refractivity contribution in [3.05, 3.63) is 32.8 Å². The monoisotopic (exact) mass is 318 g/mol. The van der Waals surface area contributed by atoms with Gasteiger partial charge in [0.15, 0.2) is 0 Å². The fourth-order valence-electron chi connectivity index (χ4n) is 0.941. The van der Waals surface area contributed by atoms with E-state index < -0.39 is 0 Å². The predicted molar refractivity (Wildman–Crippen MR) is 63.9 cm³/mol. The van der Waals surface area contributed by atoms with Crippen LogP contribution in [0.3, 0.4) is 0 Å². The van der Waals surface area contributed by atoms with Crippen LogP contribution in [-0.2, 0) is 0 Å². The molecule has 0 unspecified atom stereocenters. The lowest BCUT2D eigenvalue weighted by molar-refractivity contribution is 0.470. The standard InChI is InChI=1S/C9H7IN2OS/c1-6-11-12-9(14-6)13-8-5-3-2-4-7(8)10/h2-5H,1H3. The molecule has 0 saturated carbocycles. The second kappa shape index (κ2) is 4.22. The largest absolute Gasteiger partial charge is 0.429 e. The summed E-state index contributed by atoms with van der Waals surface area (Å²) in [5.74, 6) is 0.823. The number of para-hydroxylation sites is 1. The molecule has 0 N–H and O–H groups in total. The van der Waals surface area contributed by atoms with Crippen LogP contribution in [0.5, 0.6) is 10.9 Å². The van der Waals surface area contributed by atoms with E-state index in [1.807, 2.05) is 31.2 Å². The maximum absolute atomic E-state index is 5.57. The van der Waals surface area contributed by atoms with Gasteiger partial charge in [0.1, 0.15) is 10.8 Å². The molecule has 0 atom stereocenters. The number of ether oxygens (including phenoxy) is 1. The van der Waals surface area contributed by atoms with Crippen LogP contribution in [0.1, 0.15) is 5.01 Å². The van der Waals surface area contributed by atoms with Gasteiger partial charge in [-0.15, -0.1) is 5.10 Å². The summed E-state index contributed by atoms with van der Waals surface area (Å²) in [4.78, 5) is 0. The number of nitrogens with zero attached hydrogens (tertiary/aromatic N) is 2. The van der Waals surface area contributed by atoms with E-state index in [1.54, 1.807) is 0 Å². The highest BCUT2D eigenvalue weighted by Gasteiger charge is 2.05. The lowest BCUT2D eigenvalue weighted by Crippen LogP contribution is -1.85. The molecule has 5 heteroatoms. The van der Waals surface area contributed by atoms with Gasteiger partial charge in [-0.1, -0.05) is 28.6 Å². The smallest absolute Gasteiger partial charge is 0.299 e. The van der Waals surface area contributed by atoms with E-state index in [2.05, 4.69) is 32.8 Å². The number of hydrogen-bond acceptors (Lipinski definition) is 4. The van der Waals surface area contributed by atoms with Crippen LogP contribution in [0.25, 0.3) is 0 Å². The number of rotatable bonds is 2. The Labute approximate surface area is 99.3 Å². The van der Waals surface area contributed by atoms with E-state index in [-0.39, 0.29) is 0 Å². The Hall–Kier alpha value is -0.690. The molecule has 0 amide bonds. The van der Waals surface area contributed by atoms with Crippen LogP contribution in [0.2, 0.25) is 0 Å². The highest BCUT2D eigenvalue weighted by molar-refractivity contribution is 14.1. The molecular formula is C9H7IN2OS. The lowest BCUT2D eigenvalue weighted by atomic mass is 10.3. The van der Waals surface area contributed by atoms with Gasteiger partial charge in [-0.2, -0.15) is 0 Å². The molecule has 2 aromatic rings. The van der Waals surface area contributed by atoms with Crippen molar-refractivity contribution >= 4 is 33.9 Å². The Kier molecular flexibility index (Phi) is 2.97. The van der Waals surface area contributed by atoms with Crippen molar-refractivity contribution in [2.75, 3.05) is 0 Å². The molecule has 1 aromatic heterocycles. The zero-order valence-electron chi connectivity index (χ0n) is 7.40. The molecule has 14 heavy (non-hydrogen) atoms. The van der Waals surface area contributed by atoms with Gasteiger partial charge >= 0.3 is 0 Å². The molecule has 72 valence electrons. The summed E-state index contributed by atoms with van der Waals surface area (Å²) in [6, 6.07) is 7.81. The summed E-state index contributed by atoms with van der Waals surface area (Å²) in [7, 11) is 0. The number of hydrogen-bond donors (Lipinski definition) is 0. The SMILES string of the molecule is Cc1nnc(Oc2ccccc2I)s1. The fraction of sp³-hybridized carbons (Fsp3) is 0.111. The second-order valence-electron chi connectivity index (χ2n) is 2.62. The van der Waals surface area contributed by atoms with Gasteiger partial charge < -0.3 is 4.74 Å². The van der Waals surface area contributed by atoms with E-state index in [4.69, 9.17) is 4.74 Å². The highest BCUT2D eigenvalue weighted by atomic mass is 127. The van der Waals surface area contributed by atoms with Crippen molar-refractivity contribution in [3.63, 3.8) is 0 Å². The molecule has 0 aliphatic carbocycles. The van der Waals surface area contributed by atoms with E-state index in [9.17, 15) is 0 Å². The minimum atomic E-state index is 0.589. The minimum absolute atomic E-state index is 0.589. The van der Waals surface area contributed by atoms with Crippen molar-refractivity contribution in [1.29, 1.82) is 0 Å². The van der Waals surface area contributed by atoms with Crippen LogP contribution in [0.4, 0.5) is 0 Å². The number of benzene rings is 1. The zero-order chi connectivity index (χ0) is 9.97. The molecule has 0 spiro atoms. The Balaban J connectivity index is 2.23. The predicted octanol–water partition coefficient (Wildman–Crippen LogP) is 3.24. The third kappa shape index (κ3) is 2.21. The Morgan fingerprint density at radius 3 is 2.71 bits per heavy atom. The first-order valence-corrected chi connectivity index (χ1v) is 5.88. The normalized spacial score (nSPS) is 10.1. The maximum atomic E-state index is 5.57. The van der Waals surface area contributed by atoms with Gasteiger partial charge in [0.2, 0.25) is 0 Å². The van der Waals surface area contributed by atoms with Crippen LogP contribution in [0.15, 0.2) is 24.3 Å². The Bertz CT molecular complexity index is 444. The molecule has 0 bridgehead atoms. The van der Waals surface area contributed by atoms with Gasteiger partial charge in [-0.25, -0.2) is 0 Å².